The van der Waals surface area contributed by atoms with Crippen LogP contribution < -0.4 is 5.32 Å². The topological polar surface area (TPSA) is 99.4 Å². The Morgan fingerprint density at radius 1 is 1.27 bits per heavy atom. The molecule has 6 nitrogen and oxygen atoms in total. The molecule has 0 heterocycles. The van der Waals surface area contributed by atoms with E-state index in [4.69, 9.17) is 10.00 Å². The number of alkyl carbamates (subject to hydrolysis) is 1. The number of benzene rings is 1. The Bertz CT molecular complexity index is 582. The van der Waals surface area contributed by atoms with E-state index in [1.54, 1.807) is 52.0 Å². The molecule has 0 radical (unpaired) electrons. The van der Waals surface area contributed by atoms with Crippen molar-refractivity contribution in [3.05, 3.63) is 35.4 Å². The Morgan fingerprint density at radius 2 is 1.82 bits per heavy atom. The van der Waals surface area contributed by atoms with Gasteiger partial charge in [0.1, 0.15) is 11.6 Å². The summed E-state index contributed by atoms with van der Waals surface area (Å²) < 4.78 is 5.08. The first-order valence-electron chi connectivity index (χ1n) is 6.86. The summed E-state index contributed by atoms with van der Waals surface area (Å²) in [4.78, 5) is 23.2. The van der Waals surface area contributed by atoms with Gasteiger partial charge in [-0.15, -0.1) is 0 Å². The molecule has 0 aromatic heterocycles. The molecule has 0 saturated carbocycles. The van der Waals surface area contributed by atoms with Crippen LogP contribution >= 0.6 is 0 Å². The zero-order chi connectivity index (χ0) is 16.9. The van der Waals surface area contributed by atoms with E-state index >= 15 is 0 Å². The second kappa shape index (κ2) is 6.94. The van der Waals surface area contributed by atoms with Crippen LogP contribution in [0.5, 0.6) is 0 Å². The van der Waals surface area contributed by atoms with E-state index in [-0.39, 0.29) is 0 Å². The molecule has 2 atom stereocenters. The van der Waals surface area contributed by atoms with Crippen molar-refractivity contribution in [2.75, 3.05) is 0 Å². The number of ether oxygens (including phenoxy) is 1. The molecule has 0 aliphatic carbocycles. The number of nitrogens with one attached hydrogen (secondary N) is 1. The Balaban J connectivity index is 2.88. The van der Waals surface area contributed by atoms with E-state index in [1.165, 1.54) is 0 Å². The molecule has 0 fully saturated rings. The molecule has 0 spiro atoms. The third-order valence-electron chi connectivity index (χ3n) is 3.00. The highest BCUT2D eigenvalue weighted by molar-refractivity contribution is 5.81. The van der Waals surface area contributed by atoms with E-state index in [0.29, 0.717) is 11.1 Å². The van der Waals surface area contributed by atoms with Crippen LogP contribution in [0.1, 0.15) is 44.7 Å². The van der Waals surface area contributed by atoms with E-state index in [1.807, 2.05) is 6.07 Å². The number of hydrogen-bond acceptors (Lipinski definition) is 4. The highest BCUT2D eigenvalue weighted by Gasteiger charge is 2.29. The summed E-state index contributed by atoms with van der Waals surface area (Å²) in [5.41, 5.74) is 0.496. The first-order valence-corrected chi connectivity index (χ1v) is 6.86. The maximum Gasteiger partial charge on any atom is 0.408 e. The van der Waals surface area contributed by atoms with Gasteiger partial charge < -0.3 is 15.2 Å². The molecule has 1 aromatic rings. The fourth-order valence-corrected chi connectivity index (χ4v) is 1.89. The van der Waals surface area contributed by atoms with Crippen molar-refractivity contribution >= 4 is 12.1 Å². The molecule has 0 bridgehead atoms. The van der Waals surface area contributed by atoms with Gasteiger partial charge in [0.05, 0.1) is 11.6 Å². The molecule has 6 heteroatoms. The lowest BCUT2D eigenvalue weighted by molar-refractivity contribution is -0.140. The minimum Gasteiger partial charge on any atom is -0.480 e. The van der Waals surface area contributed by atoms with Crippen LogP contribution in [0, 0.1) is 11.3 Å². The quantitative estimate of drug-likeness (QED) is 0.890. The predicted molar refractivity (Wildman–Crippen MR) is 80.4 cm³/mol. The maximum absolute atomic E-state index is 11.8. The average Bonchev–Trinajstić information content (AvgIpc) is 2.42. The molecule has 0 aliphatic heterocycles. The van der Waals surface area contributed by atoms with Crippen LogP contribution in [0.2, 0.25) is 0 Å². The third-order valence-corrected chi connectivity index (χ3v) is 3.00. The fourth-order valence-electron chi connectivity index (χ4n) is 1.89. The first kappa shape index (κ1) is 17.5. The predicted octanol–water partition coefficient (Wildman–Crippen LogP) is 2.64. The van der Waals surface area contributed by atoms with Crippen molar-refractivity contribution in [2.45, 2.75) is 45.3 Å². The Morgan fingerprint density at radius 3 is 2.23 bits per heavy atom. The Kier molecular flexibility index (Phi) is 5.52. The second-order valence-electron chi connectivity index (χ2n) is 5.98. The van der Waals surface area contributed by atoms with Gasteiger partial charge in [0.15, 0.2) is 0 Å². The van der Waals surface area contributed by atoms with Crippen LogP contribution in [0.25, 0.3) is 0 Å². The summed E-state index contributed by atoms with van der Waals surface area (Å²) in [5, 5.41) is 20.5. The first-order chi connectivity index (χ1) is 10.1. The summed E-state index contributed by atoms with van der Waals surface area (Å²) in [6, 6.07) is 7.45. The van der Waals surface area contributed by atoms with E-state index in [2.05, 4.69) is 5.32 Å². The number of rotatable bonds is 4. The number of nitriles is 1. The Hall–Kier alpha value is -2.55. The van der Waals surface area contributed by atoms with E-state index < -0.39 is 29.6 Å². The normalized spacial score (nSPS) is 13.6. The summed E-state index contributed by atoms with van der Waals surface area (Å²) in [5.74, 6) is -1.62. The lowest BCUT2D eigenvalue weighted by atomic mass is 9.93. The van der Waals surface area contributed by atoms with E-state index in [9.17, 15) is 14.7 Å². The number of nitrogens with zero attached hydrogens (tertiary/aromatic N) is 1. The summed E-state index contributed by atoms with van der Waals surface area (Å²) >= 11 is 0. The second-order valence-corrected chi connectivity index (χ2v) is 5.98. The van der Waals surface area contributed by atoms with Gasteiger partial charge in [0.25, 0.3) is 0 Å². The fraction of sp³-hybridized carbons (Fsp3) is 0.438. The SMILES string of the molecule is CC(c1ccc(C#N)cc1)C(NC(=O)OC(C)(C)C)C(=O)O. The van der Waals surface area contributed by atoms with Crippen molar-refractivity contribution in [1.29, 1.82) is 5.26 Å². The monoisotopic (exact) mass is 304 g/mol. The highest BCUT2D eigenvalue weighted by atomic mass is 16.6. The van der Waals surface area contributed by atoms with Crippen molar-refractivity contribution < 1.29 is 19.4 Å². The number of aliphatic carboxylic acids is 1. The minimum absolute atomic E-state index is 0.474. The summed E-state index contributed by atoms with van der Waals surface area (Å²) in [6.45, 7) is 6.79. The third kappa shape index (κ3) is 5.09. The standard InChI is InChI=1S/C16H20N2O4/c1-10(12-7-5-11(9-17)6-8-12)13(14(19)20)18-15(21)22-16(2,3)4/h5-8,10,13H,1-4H3,(H,18,21)(H,19,20). The van der Waals surface area contributed by atoms with Gasteiger partial charge in [0.2, 0.25) is 0 Å². The summed E-state index contributed by atoms with van der Waals surface area (Å²) in [6.07, 6.45) is -0.777. The number of carboxylic acid groups (broad SMARTS) is 1. The van der Waals surface area contributed by atoms with Crippen LogP contribution in [0.15, 0.2) is 24.3 Å². The largest absolute Gasteiger partial charge is 0.480 e. The number of carboxylic acids is 1. The molecule has 0 saturated heterocycles. The van der Waals surface area contributed by atoms with E-state index in [0.717, 1.165) is 0 Å². The molecular weight excluding hydrogens is 284 g/mol. The number of amides is 1. The minimum atomic E-state index is -1.15. The van der Waals surface area contributed by atoms with Crippen molar-refractivity contribution in [3.8, 4) is 6.07 Å². The zero-order valence-electron chi connectivity index (χ0n) is 13.1. The summed E-state index contributed by atoms with van der Waals surface area (Å²) in [7, 11) is 0. The smallest absolute Gasteiger partial charge is 0.408 e. The van der Waals surface area contributed by atoms with Gasteiger partial charge in [-0.3, -0.25) is 0 Å². The molecule has 2 unspecified atom stereocenters. The van der Waals surface area contributed by atoms with Crippen LogP contribution in [-0.4, -0.2) is 28.8 Å². The van der Waals surface area contributed by atoms with Crippen molar-refractivity contribution in [2.24, 2.45) is 0 Å². The maximum atomic E-state index is 11.8. The van der Waals surface area contributed by atoms with Gasteiger partial charge in [-0.2, -0.15) is 5.26 Å². The van der Waals surface area contributed by atoms with Gasteiger partial charge in [-0.1, -0.05) is 19.1 Å². The van der Waals surface area contributed by atoms with Gasteiger partial charge in [-0.05, 0) is 38.5 Å². The number of carbonyl (C=O) groups is 2. The molecular formula is C16H20N2O4. The number of hydrogen-bond donors (Lipinski definition) is 2. The molecule has 118 valence electrons. The lowest BCUT2D eigenvalue weighted by Crippen LogP contribution is -2.46. The van der Waals surface area contributed by atoms with Gasteiger partial charge in [-0.25, -0.2) is 9.59 Å². The molecule has 1 rings (SSSR count). The van der Waals surface area contributed by atoms with Crippen molar-refractivity contribution in [1.82, 2.24) is 5.32 Å². The lowest BCUT2D eigenvalue weighted by Gasteiger charge is -2.25. The molecule has 22 heavy (non-hydrogen) atoms. The highest BCUT2D eigenvalue weighted by Crippen LogP contribution is 2.20. The average molecular weight is 304 g/mol. The van der Waals surface area contributed by atoms with Gasteiger partial charge in [0, 0.05) is 5.92 Å². The Labute approximate surface area is 129 Å². The molecule has 1 aromatic carbocycles. The molecule has 1 amide bonds. The molecule has 0 aliphatic rings. The van der Waals surface area contributed by atoms with Crippen LogP contribution in [-0.2, 0) is 9.53 Å². The van der Waals surface area contributed by atoms with Crippen LogP contribution in [0.3, 0.4) is 0 Å². The number of carbonyl (C=O) groups excluding carboxylic acids is 1. The van der Waals surface area contributed by atoms with Crippen molar-refractivity contribution in [3.63, 3.8) is 0 Å². The van der Waals surface area contributed by atoms with Crippen LogP contribution in [0.4, 0.5) is 4.79 Å². The molecule has 2 N–H and O–H groups in total. The van der Waals surface area contributed by atoms with Gasteiger partial charge >= 0.3 is 12.1 Å². The zero-order valence-corrected chi connectivity index (χ0v) is 13.1.